The zero-order chi connectivity index (χ0) is 19.1. The van der Waals surface area contributed by atoms with Gasteiger partial charge in [0.05, 0.1) is 5.69 Å². The maximum absolute atomic E-state index is 13.2. The minimum Gasteiger partial charge on any atom is -0.348 e. The van der Waals surface area contributed by atoms with Gasteiger partial charge in [0.2, 0.25) is 0 Å². The van der Waals surface area contributed by atoms with Crippen LogP contribution >= 0.6 is 0 Å². The van der Waals surface area contributed by atoms with E-state index in [0.717, 1.165) is 42.8 Å². The number of aromatic nitrogens is 1. The lowest BCUT2D eigenvalue weighted by Gasteiger charge is -2.35. The van der Waals surface area contributed by atoms with Crippen LogP contribution in [0, 0.1) is 0 Å². The van der Waals surface area contributed by atoms with Crippen LogP contribution in [0.2, 0.25) is 0 Å². The van der Waals surface area contributed by atoms with Crippen LogP contribution < -0.4 is 5.32 Å². The summed E-state index contributed by atoms with van der Waals surface area (Å²) >= 11 is 0. The van der Waals surface area contributed by atoms with Crippen molar-refractivity contribution in [1.29, 1.82) is 0 Å². The molecule has 2 aliphatic rings. The normalized spacial score (nSPS) is 17.3. The topological polar surface area (TPSA) is 57.6 Å². The predicted molar refractivity (Wildman–Crippen MR) is 105 cm³/mol. The molecule has 1 aromatic heterocycles. The van der Waals surface area contributed by atoms with Gasteiger partial charge in [-0.15, -0.1) is 0 Å². The molecule has 6 nitrogen and oxygen atoms in total. The Bertz CT molecular complexity index is 892. The van der Waals surface area contributed by atoms with Gasteiger partial charge in [0, 0.05) is 43.9 Å². The number of hydrogen-bond donors (Lipinski definition) is 1. The van der Waals surface area contributed by atoms with E-state index in [4.69, 9.17) is 0 Å². The molecule has 142 valence electrons. The minimum absolute atomic E-state index is 0.0690. The summed E-state index contributed by atoms with van der Waals surface area (Å²) < 4.78 is 1.95. The van der Waals surface area contributed by atoms with E-state index in [-0.39, 0.29) is 11.8 Å². The lowest BCUT2D eigenvalue weighted by Crippen LogP contribution is -2.44. The van der Waals surface area contributed by atoms with Gasteiger partial charge in [-0.2, -0.15) is 0 Å². The van der Waals surface area contributed by atoms with Crippen LogP contribution in [0.4, 0.5) is 0 Å². The number of benzene rings is 1. The Balaban J connectivity index is 1.66. The second-order valence-electron chi connectivity index (χ2n) is 7.68. The van der Waals surface area contributed by atoms with Gasteiger partial charge in [-0.25, -0.2) is 0 Å². The molecule has 6 heteroatoms. The molecule has 2 aliphatic heterocycles. The molecule has 0 radical (unpaired) electrons. The van der Waals surface area contributed by atoms with Crippen LogP contribution in [0.25, 0.3) is 11.3 Å². The molecule has 4 rings (SSSR count). The second-order valence-corrected chi connectivity index (χ2v) is 7.68. The average molecular weight is 366 g/mol. The number of nitrogens with zero attached hydrogens (tertiary/aromatic N) is 3. The van der Waals surface area contributed by atoms with Crippen molar-refractivity contribution >= 4 is 11.8 Å². The molecule has 27 heavy (non-hydrogen) atoms. The zero-order valence-electron chi connectivity index (χ0n) is 16.2. The molecule has 0 atom stereocenters. The van der Waals surface area contributed by atoms with Crippen LogP contribution in [0.5, 0.6) is 0 Å². The summed E-state index contributed by atoms with van der Waals surface area (Å²) in [5.41, 5.74) is 4.17. The Morgan fingerprint density at radius 2 is 1.81 bits per heavy atom. The first-order valence-electron chi connectivity index (χ1n) is 9.49. The summed E-state index contributed by atoms with van der Waals surface area (Å²) in [5, 5.41) is 2.95. The fourth-order valence-electron chi connectivity index (χ4n) is 4.27. The van der Waals surface area contributed by atoms with Crippen LogP contribution in [0.1, 0.15) is 39.3 Å². The van der Waals surface area contributed by atoms with E-state index in [9.17, 15) is 9.59 Å². The highest BCUT2D eigenvalue weighted by atomic mass is 16.2. The Morgan fingerprint density at radius 1 is 1.15 bits per heavy atom. The van der Waals surface area contributed by atoms with Crippen molar-refractivity contribution in [1.82, 2.24) is 19.7 Å². The lowest BCUT2D eigenvalue weighted by atomic mass is 10.0. The van der Waals surface area contributed by atoms with Gasteiger partial charge in [0.15, 0.2) is 0 Å². The number of nitrogens with one attached hydrogen (secondary N) is 1. The van der Waals surface area contributed by atoms with Crippen molar-refractivity contribution in [2.24, 2.45) is 7.05 Å². The van der Waals surface area contributed by atoms with Crippen molar-refractivity contribution in [3.8, 4) is 11.3 Å². The number of amides is 2. The van der Waals surface area contributed by atoms with Gasteiger partial charge in [-0.1, -0.05) is 18.2 Å². The molecule has 0 saturated carbocycles. The monoisotopic (exact) mass is 366 g/mol. The van der Waals surface area contributed by atoms with Crippen molar-refractivity contribution in [2.45, 2.75) is 25.4 Å². The van der Waals surface area contributed by atoms with Crippen LogP contribution in [-0.4, -0.2) is 59.4 Å². The summed E-state index contributed by atoms with van der Waals surface area (Å²) in [6.45, 7) is 2.00. The third kappa shape index (κ3) is 3.04. The summed E-state index contributed by atoms with van der Waals surface area (Å²) in [5.74, 6) is 0.00650. The second kappa shape index (κ2) is 6.85. The van der Waals surface area contributed by atoms with Crippen molar-refractivity contribution in [2.75, 3.05) is 27.2 Å². The van der Waals surface area contributed by atoms with Crippen molar-refractivity contribution < 1.29 is 9.59 Å². The fraction of sp³-hybridized carbons (Fsp3) is 0.429. The van der Waals surface area contributed by atoms with Crippen LogP contribution in [0.15, 0.2) is 30.3 Å². The van der Waals surface area contributed by atoms with E-state index >= 15 is 0 Å². The van der Waals surface area contributed by atoms with E-state index in [0.29, 0.717) is 23.8 Å². The Labute approximate surface area is 159 Å². The summed E-state index contributed by atoms with van der Waals surface area (Å²) in [6.07, 6.45) is 2.00. The number of rotatable bonds is 2. The third-order valence-electron chi connectivity index (χ3n) is 5.88. The maximum atomic E-state index is 13.2. The highest BCUT2D eigenvalue weighted by Crippen LogP contribution is 2.32. The highest BCUT2D eigenvalue weighted by molar-refractivity contribution is 6.03. The molecule has 0 unspecified atom stereocenters. The summed E-state index contributed by atoms with van der Waals surface area (Å²) in [4.78, 5) is 29.7. The van der Waals surface area contributed by atoms with Gasteiger partial charge in [-0.3, -0.25) is 9.59 Å². The molecule has 3 heterocycles. The first kappa shape index (κ1) is 17.8. The zero-order valence-corrected chi connectivity index (χ0v) is 16.2. The largest absolute Gasteiger partial charge is 0.348 e. The molecule has 1 saturated heterocycles. The van der Waals surface area contributed by atoms with Crippen molar-refractivity contribution in [3.63, 3.8) is 0 Å². The van der Waals surface area contributed by atoms with Gasteiger partial charge in [0.1, 0.15) is 5.69 Å². The molecule has 0 bridgehead atoms. The van der Waals surface area contributed by atoms with Gasteiger partial charge >= 0.3 is 0 Å². The van der Waals surface area contributed by atoms with Gasteiger partial charge in [-0.05, 0) is 44.6 Å². The number of fused-ring (bicyclic) bond motifs is 3. The fourth-order valence-corrected chi connectivity index (χ4v) is 4.27. The first-order valence-corrected chi connectivity index (χ1v) is 9.49. The van der Waals surface area contributed by atoms with Crippen molar-refractivity contribution in [3.05, 3.63) is 47.2 Å². The Kier molecular flexibility index (Phi) is 4.52. The van der Waals surface area contributed by atoms with E-state index < -0.39 is 0 Å². The minimum atomic E-state index is -0.0690. The predicted octanol–water partition coefficient (Wildman–Crippen LogP) is 2.10. The van der Waals surface area contributed by atoms with E-state index in [1.807, 2.05) is 46.8 Å². The molecule has 1 fully saturated rings. The molecule has 0 aliphatic carbocycles. The third-order valence-corrected chi connectivity index (χ3v) is 5.88. The van der Waals surface area contributed by atoms with Gasteiger partial charge < -0.3 is 19.7 Å². The number of hydrogen-bond acceptors (Lipinski definition) is 3. The molecule has 2 amide bonds. The number of likely N-dealkylation sites (tertiary alicyclic amines) is 1. The van der Waals surface area contributed by atoms with E-state index in [1.54, 1.807) is 0 Å². The maximum Gasteiger partial charge on any atom is 0.270 e. The lowest BCUT2D eigenvalue weighted by molar-refractivity contribution is 0.0654. The Morgan fingerprint density at radius 3 is 2.48 bits per heavy atom. The SMILES string of the molecule is CN(C)C1CCN(C(=O)c2cc3c(n2C)-c2ccccc2C(=O)NC3)CC1. The summed E-state index contributed by atoms with van der Waals surface area (Å²) in [6, 6.07) is 10.1. The van der Waals surface area contributed by atoms with Gasteiger partial charge in [0.25, 0.3) is 11.8 Å². The highest BCUT2D eigenvalue weighted by Gasteiger charge is 2.29. The smallest absolute Gasteiger partial charge is 0.270 e. The number of piperidine rings is 1. The molecular formula is C21H26N4O2. The standard InChI is InChI=1S/C21H26N4O2/c1-23(2)15-8-10-25(11-9-15)21(27)18-12-14-13-22-20(26)17-7-5-4-6-16(17)19(14)24(18)3/h4-7,12,15H,8-11,13H2,1-3H3,(H,22,26). The van der Waals surface area contributed by atoms with E-state index in [1.165, 1.54) is 0 Å². The van der Waals surface area contributed by atoms with Crippen LogP contribution in [-0.2, 0) is 13.6 Å². The average Bonchev–Trinajstić information content (AvgIpc) is 2.94. The Hall–Kier alpha value is -2.60. The van der Waals surface area contributed by atoms with Crippen LogP contribution in [0.3, 0.4) is 0 Å². The quantitative estimate of drug-likeness (QED) is 0.886. The molecule has 1 N–H and O–H groups in total. The first-order chi connectivity index (χ1) is 13.0. The molecule has 0 spiro atoms. The molecule has 2 aromatic rings. The number of carbonyl (C=O) groups is 2. The molecule has 1 aromatic carbocycles. The van der Waals surface area contributed by atoms with E-state index in [2.05, 4.69) is 24.3 Å². The number of carbonyl (C=O) groups excluding carboxylic acids is 2. The molecular weight excluding hydrogens is 340 g/mol. The summed E-state index contributed by atoms with van der Waals surface area (Å²) in [7, 11) is 6.12.